The molecule has 0 saturated heterocycles. The topological polar surface area (TPSA) is 90.9 Å². The molecule has 0 spiro atoms. The molecular formula is C20H23N3O4. The van der Waals surface area contributed by atoms with E-state index in [1.165, 1.54) is 5.56 Å². The lowest BCUT2D eigenvalue weighted by Gasteiger charge is -2.15. The van der Waals surface area contributed by atoms with Crippen LogP contribution in [0.2, 0.25) is 0 Å². The highest BCUT2D eigenvalue weighted by molar-refractivity contribution is 6.39. The summed E-state index contributed by atoms with van der Waals surface area (Å²) < 4.78 is 5.04. The zero-order valence-corrected chi connectivity index (χ0v) is 15.4. The largest absolute Gasteiger partial charge is 0.497 e. The van der Waals surface area contributed by atoms with Gasteiger partial charge in [0.15, 0.2) is 0 Å². The van der Waals surface area contributed by atoms with Crippen LogP contribution in [0.3, 0.4) is 0 Å². The summed E-state index contributed by atoms with van der Waals surface area (Å²) in [6.45, 7) is 0.917. The summed E-state index contributed by atoms with van der Waals surface area (Å²) in [4.78, 5) is 26.1. The fourth-order valence-electron chi connectivity index (χ4n) is 3.04. The van der Waals surface area contributed by atoms with E-state index < -0.39 is 17.9 Å². The molecule has 1 aliphatic heterocycles. The summed E-state index contributed by atoms with van der Waals surface area (Å²) in [5.41, 5.74) is 3.55. The van der Waals surface area contributed by atoms with Gasteiger partial charge in [-0.25, -0.2) is 0 Å². The first kappa shape index (κ1) is 18.7. The molecule has 3 rings (SSSR count). The van der Waals surface area contributed by atoms with Crippen molar-refractivity contribution in [2.45, 2.75) is 12.5 Å². The van der Waals surface area contributed by atoms with Gasteiger partial charge in [-0.15, -0.1) is 0 Å². The SMILES string of the molecule is COc1ccc(NC(=O)C(=O)NCC(O)c2ccc3c(c2)CCN3C)cc1. The van der Waals surface area contributed by atoms with Crippen molar-refractivity contribution < 1.29 is 19.4 Å². The average Bonchev–Trinajstić information content (AvgIpc) is 3.06. The van der Waals surface area contributed by atoms with E-state index in [9.17, 15) is 14.7 Å². The molecule has 2 aromatic carbocycles. The first-order chi connectivity index (χ1) is 13.0. The van der Waals surface area contributed by atoms with Crippen molar-refractivity contribution in [3.63, 3.8) is 0 Å². The van der Waals surface area contributed by atoms with Crippen LogP contribution in [0.25, 0.3) is 0 Å². The van der Waals surface area contributed by atoms with Crippen LogP contribution < -0.4 is 20.3 Å². The van der Waals surface area contributed by atoms with E-state index in [4.69, 9.17) is 4.74 Å². The zero-order valence-electron chi connectivity index (χ0n) is 15.4. The average molecular weight is 369 g/mol. The molecule has 2 amide bonds. The van der Waals surface area contributed by atoms with E-state index in [-0.39, 0.29) is 6.54 Å². The third-order valence-corrected chi connectivity index (χ3v) is 4.63. The molecule has 7 heteroatoms. The maximum Gasteiger partial charge on any atom is 0.313 e. The highest BCUT2D eigenvalue weighted by Crippen LogP contribution is 2.29. The standard InChI is InChI=1S/C20H23N3O4/c1-23-10-9-13-11-14(3-8-17(13)23)18(24)12-21-19(25)20(26)22-15-4-6-16(27-2)7-5-15/h3-8,11,18,24H,9-10,12H2,1-2H3,(H,21,25)(H,22,26). The molecule has 0 bridgehead atoms. The number of hydrogen-bond acceptors (Lipinski definition) is 5. The minimum Gasteiger partial charge on any atom is -0.497 e. The van der Waals surface area contributed by atoms with Gasteiger partial charge in [-0.2, -0.15) is 0 Å². The Balaban J connectivity index is 1.52. The van der Waals surface area contributed by atoms with Gasteiger partial charge in [-0.3, -0.25) is 9.59 Å². The van der Waals surface area contributed by atoms with Crippen LogP contribution in [0.1, 0.15) is 17.2 Å². The van der Waals surface area contributed by atoms with Gasteiger partial charge in [0, 0.05) is 31.5 Å². The van der Waals surface area contributed by atoms with Gasteiger partial charge < -0.3 is 25.4 Å². The Morgan fingerprint density at radius 2 is 1.93 bits per heavy atom. The van der Waals surface area contributed by atoms with E-state index in [0.717, 1.165) is 24.2 Å². The van der Waals surface area contributed by atoms with Crippen molar-refractivity contribution >= 4 is 23.2 Å². The Labute approximate surface area is 157 Å². The number of likely N-dealkylation sites (N-methyl/N-ethyl adjacent to an activating group) is 1. The summed E-state index contributed by atoms with van der Waals surface area (Å²) in [5.74, 6) is -0.935. The number of carbonyl (C=O) groups is 2. The predicted molar refractivity (Wildman–Crippen MR) is 103 cm³/mol. The van der Waals surface area contributed by atoms with E-state index in [2.05, 4.69) is 15.5 Å². The van der Waals surface area contributed by atoms with Gasteiger partial charge in [0.1, 0.15) is 5.75 Å². The molecule has 0 fully saturated rings. The second-order valence-electron chi connectivity index (χ2n) is 6.47. The first-order valence-corrected chi connectivity index (χ1v) is 8.73. The monoisotopic (exact) mass is 369 g/mol. The molecule has 2 aromatic rings. The van der Waals surface area contributed by atoms with Crippen LogP contribution in [0.4, 0.5) is 11.4 Å². The number of methoxy groups -OCH3 is 1. The molecule has 1 atom stereocenters. The number of rotatable bonds is 5. The molecular weight excluding hydrogens is 346 g/mol. The Kier molecular flexibility index (Phi) is 5.61. The zero-order chi connectivity index (χ0) is 19.4. The molecule has 3 N–H and O–H groups in total. The summed E-state index contributed by atoms with van der Waals surface area (Å²) in [5, 5.41) is 15.3. The minimum atomic E-state index is -0.876. The van der Waals surface area contributed by atoms with Gasteiger partial charge >= 0.3 is 11.8 Å². The molecule has 0 radical (unpaired) electrons. The van der Waals surface area contributed by atoms with Crippen molar-refractivity contribution in [3.8, 4) is 5.75 Å². The van der Waals surface area contributed by atoms with Crippen molar-refractivity contribution in [2.24, 2.45) is 0 Å². The normalized spacial score (nSPS) is 13.7. The summed E-state index contributed by atoms with van der Waals surface area (Å²) >= 11 is 0. The first-order valence-electron chi connectivity index (χ1n) is 8.73. The van der Waals surface area contributed by atoms with Crippen LogP contribution in [0.15, 0.2) is 42.5 Å². The molecule has 0 aliphatic carbocycles. The number of ether oxygens (including phenoxy) is 1. The van der Waals surface area contributed by atoms with E-state index in [1.807, 2.05) is 25.2 Å². The molecule has 0 aromatic heterocycles. The summed E-state index contributed by atoms with van der Waals surface area (Å²) in [6.07, 6.45) is 0.0576. The fraction of sp³-hybridized carbons (Fsp3) is 0.300. The van der Waals surface area contributed by atoms with Crippen molar-refractivity contribution in [1.82, 2.24) is 5.32 Å². The number of fused-ring (bicyclic) bond motifs is 1. The van der Waals surface area contributed by atoms with E-state index >= 15 is 0 Å². The van der Waals surface area contributed by atoms with E-state index in [1.54, 1.807) is 31.4 Å². The third-order valence-electron chi connectivity index (χ3n) is 4.63. The number of amides is 2. The third kappa shape index (κ3) is 4.38. The maximum absolute atomic E-state index is 12.0. The number of hydrogen-bond donors (Lipinski definition) is 3. The molecule has 7 nitrogen and oxygen atoms in total. The summed E-state index contributed by atoms with van der Waals surface area (Å²) in [7, 11) is 3.58. The number of carbonyl (C=O) groups excluding carboxylic acids is 2. The van der Waals surface area contributed by atoms with Gasteiger partial charge in [0.25, 0.3) is 0 Å². The Morgan fingerprint density at radius 3 is 2.63 bits per heavy atom. The number of nitrogens with one attached hydrogen (secondary N) is 2. The van der Waals surface area contributed by atoms with Gasteiger partial charge in [-0.1, -0.05) is 12.1 Å². The lowest BCUT2D eigenvalue weighted by Crippen LogP contribution is -2.37. The van der Waals surface area contributed by atoms with Gasteiger partial charge in [-0.05, 0) is 47.9 Å². The molecule has 27 heavy (non-hydrogen) atoms. The second-order valence-corrected chi connectivity index (χ2v) is 6.47. The summed E-state index contributed by atoms with van der Waals surface area (Å²) in [6, 6.07) is 12.4. The van der Waals surface area contributed by atoms with Crippen LogP contribution in [-0.2, 0) is 16.0 Å². The lowest BCUT2D eigenvalue weighted by atomic mass is 10.0. The molecule has 142 valence electrons. The molecule has 0 saturated carbocycles. The van der Waals surface area contributed by atoms with Crippen LogP contribution >= 0.6 is 0 Å². The van der Waals surface area contributed by atoms with Crippen LogP contribution in [-0.4, -0.2) is 44.2 Å². The van der Waals surface area contributed by atoms with E-state index in [0.29, 0.717) is 11.4 Å². The number of aliphatic hydroxyl groups excluding tert-OH is 1. The van der Waals surface area contributed by atoms with Crippen molar-refractivity contribution in [3.05, 3.63) is 53.6 Å². The highest BCUT2D eigenvalue weighted by Gasteiger charge is 2.19. The van der Waals surface area contributed by atoms with Gasteiger partial charge in [0.05, 0.1) is 13.2 Å². The smallest absolute Gasteiger partial charge is 0.313 e. The highest BCUT2D eigenvalue weighted by atomic mass is 16.5. The fourth-order valence-corrected chi connectivity index (χ4v) is 3.04. The second kappa shape index (κ2) is 8.09. The van der Waals surface area contributed by atoms with Crippen LogP contribution in [0, 0.1) is 0 Å². The van der Waals surface area contributed by atoms with Crippen molar-refractivity contribution in [1.29, 1.82) is 0 Å². The van der Waals surface area contributed by atoms with Crippen molar-refractivity contribution in [2.75, 3.05) is 37.5 Å². The molecule has 1 heterocycles. The Morgan fingerprint density at radius 1 is 1.19 bits per heavy atom. The quantitative estimate of drug-likeness (QED) is 0.695. The molecule has 1 aliphatic rings. The Bertz CT molecular complexity index is 836. The van der Waals surface area contributed by atoms with Crippen LogP contribution in [0.5, 0.6) is 5.75 Å². The predicted octanol–water partition coefficient (Wildman–Crippen LogP) is 1.48. The van der Waals surface area contributed by atoms with Gasteiger partial charge in [0.2, 0.25) is 0 Å². The minimum absolute atomic E-state index is 0.0382. The maximum atomic E-state index is 12.0. The number of nitrogens with zero attached hydrogens (tertiary/aromatic N) is 1. The number of benzene rings is 2. The molecule has 1 unspecified atom stereocenters. The number of anilines is 2. The lowest BCUT2D eigenvalue weighted by molar-refractivity contribution is -0.136. The Hall–Kier alpha value is -3.06. The number of aliphatic hydroxyl groups is 1.